The highest BCUT2D eigenvalue weighted by atomic mass is 16.3. The van der Waals surface area contributed by atoms with Gasteiger partial charge in [-0.1, -0.05) is 6.08 Å². The van der Waals surface area contributed by atoms with Crippen molar-refractivity contribution in [3.8, 4) is 0 Å². The third-order valence-electron chi connectivity index (χ3n) is 2.56. The van der Waals surface area contributed by atoms with Crippen molar-refractivity contribution in [2.75, 3.05) is 20.1 Å². The lowest BCUT2D eigenvalue weighted by molar-refractivity contribution is -0.887. The maximum Gasteiger partial charge on any atom is 0.0796 e. The lowest BCUT2D eigenvalue weighted by Crippen LogP contribution is -3.10. The normalized spacial score (nSPS) is 38.5. The maximum absolute atomic E-state index is 9.90. The first kappa shape index (κ1) is 8.75. The number of rotatable bonds is 2. The molecule has 11 heavy (non-hydrogen) atoms. The summed E-state index contributed by atoms with van der Waals surface area (Å²) in [4.78, 5) is 1.53. The molecule has 2 nitrogen and oxygen atoms in total. The van der Waals surface area contributed by atoms with E-state index in [0.717, 1.165) is 32.4 Å². The lowest BCUT2D eigenvalue weighted by atomic mass is 9.88. The molecule has 0 aliphatic carbocycles. The van der Waals surface area contributed by atoms with Gasteiger partial charge in [-0.3, -0.25) is 0 Å². The standard InChI is InChI=1S/C9H17NO/c1-3-4-9(11)5-7-10(2)8-6-9/h3,11H,1,4-8H2,2H3/p+1. The van der Waals surface area contributed by atoms with E-state index in [4.69, 9.17) is 0 Å². The summed E-state index contributed by atoms with van der Waals surface area (Å²) in [5, 5.41) is 9.90. The van der Waals surface area contributed by atoms with Gasteiger partial charge in [0.1, 0.15) is 0 Å². The van der Waals surface area contributed by atoms with E-state index in [-0.39, 0.29) is 0 Å². The van der Waals surface area contributed by atoms with Crippen LogP contribution >= 0.6 is 0 Å². The average Bonchev–Trinajstić information content (AvgIpc) is 1.97. The van der Waals surface area contributed by atoms with Crippen molar-refractivity contribution < 1.29 is 10.0 Å². The number of hydrogen-bond acceptors (Lipinski definition) is 1. The van der Waals surface area contributed by atoms with E-state index in [1.165, 1.54) is 4.90 Å². The van der Waals surface area contributed by atoms with E-state index in [0.29, 0.717) is 0 Å². The zero-order chi connectivity index (χ0) is 8.32. The topological polar surface area (TPSA) is 24.7 Å². The third-order valence-corrected chi connectivity index (χ3v) is 2.56. The van der Waals surface area contributed by atoms with Crippen molar-refractivity contribution in [1.29, 1.82) is 0 Å². The Morgan fingerprint density at radius 3 is 2.55 bits per heavy atom. The summed E-state index contributed by atoms with van der Waals surface area (Å²) in [6.45, 7) is 5.83. The largest absolute Gasteiger partial charge is 0.389 e. The first-order valence-corrected chi connectivity index (χ1v) is 4.31. The van der Waals surface area contributed by atoms with Gasteiger partial charge in [-0.25, -0.2) is 0 Å². The van der Waals surface area contributed by atoms with Gasteiger partial charge in [0.25, 0.3) is 0 Å². The van der Waals surface area contributed by atoms with Crippen LogP contribution in [0.15, 0.2) is 12.7 Å². The molecule has 0 aromatic rings. The van der Waals surface area contributed by atoms with E-state index in [1.54, 1.807) is 0 Å². The van der Waals surface area contributed by atoms with Gasteiger partial charge in [0, 0.05) is 12.8 Å². The fourth-order valence-corrected chi connectivity index (χ4v) is 1.61. The van der Waals surface area contributed by atoms with Crippen LogP contribution in [0.4, 0.5) is 0 Å². The molecule has 0 spiro atoms. The van der Waals surface area contributed by atoms with Crippen LogP contribution in [0.2, 0.25) is 0 Å². The Hall–Kier alpha value is -0.340. The molecule has 1 rings (SSSR count). The Morgan fingerprint density at radius 2 is 2.09 bits per heavy atom. The molecule has 0 unspecified atom stereocenters. The van der Waals surface area contributed by atoms with Crippen molar-refractivity contribution >= 4 is 0 Å². The van der Waals surface area contributed by atoms with Gasteiger partial charge >= 0.3 is 0 Å². The highest BCUT2D eigenvalue weighted by Gasteiger charge is 2.31. The van der Waals surface area contributed by atoms with Crippen LogP contribution in [0, 0.1) is 0 Å². The SMILES string of the molecule is C=CCC1(O)CC[NH+](C)CC1. The average molecular weight is 156 g/mol. The van der Waals surface area contributed by atoms with Gasteiger partial charge in [0.05, 0.1) is 25.7 Å². The molecule has 0 bridgehead atoms. The van der Waals surface area contributed by atoms with Crippen molar-refractivity contribution in [2.24, 2.45) is 0 Å². The summed E-state index contributed by atoms with van der Waals surface area (Å²) in [5.41, 5.74) is -0.429. The van der Waals surface area contributed by atoms with Crippen molar-refractivity contribution in [2.45, 2.75) is 24.9 Å². The maximum atomic E-state index is 9.90. The highest BCUT2D eigenvalue weighted by Crippen LogP contribution is 2.20. The number of nitrogens with one attached hydrogen (secondary N) is 1. The smallest absolute Gasteiger partial charge is 0.0796 e. The summed E-state index contributed by atoms with van der Waals surface area (Å²) >= 11 is 0. The molecule has 0 saturated carbocycles. The predicted octanol–water partition coefficient (Wildman–Crippen LogP) is -0.398. The molecule has 0 amide bonds. The molecular weight excluding hydrogens is 138 g/mol. The molecule has 1 fully saturated rings. The number of aliphatic hydroxyl groups is 1. The fourth-order valence-electron chi connectivity index (χ4n) is 1.61. The number of piperidine rings is 1. The van der Waals surface area contributed by atoms with E-state index in [2.05, 4.69) is 13.6 Å². The van der Waals surface area contributed by atoms with E-state index in [9.17, 15) is 5.11 Å². The monoisotopic (exact) mass is 156 g/mol. The first-order chi connectivity index (χ1) is 5.16. The predicted molar refractivity (Wildman–Crippen MR) is 45.6 cm³/mol. The van der Waals surface area contributed by atoms with E-state index < -0.39 is 5.60 Å². The second-order valence-corrected chi connectivity index (χ2v) is 3.67. The highest BCUT2D eigenvalue weighted by molar-refractivity contribution is 4.87. The molecule has 64 valence electrons. The number of quaternary nitrogens is 1. The minimum atomic E-state index is -0.429. The van der Waals surface area contributed by atoms with Crippen LogP contribution < -0.4 is 4.90 Å². The van der Waals surface area contributed by atoms with Crippen molar-refractivity contribution in [3.63, 3.8) is 0 Å². The number of hydrogen-bond donors (Lipinski definition) is 2. The Morgan fingerprint density at radius 1 is 1.55 bits per heavy atom. The Labute approximate surface area is 68.5 Å². The molecule has 1 heterocycles. The van der Waals surface area contributed by atoms with Gasteiger partial charge in [0.15, 0.2) is 0 Å². The van der Waals surface area contributed by atoms with Gasteiger partial charge in [-0.15, -0.1) is 6.58 Å². The van der Waals surface area contributed by atoms with Gasteiger partial charge in [0.2, 0.25) is 0 Å². The van der Waals surface area contributed by atoms with E-state index >= 15 is 0 Å². The lowest BCUT2D eigenvalue weighted by Gasteiger charge is -2.33. The Bertz CT molecular complexity index is 136. The second-order valence-electron chi connectivity index (χ2n) is 3.67. The molecule has 0 aromatic heterocycles. The third kappa shape index (κ3) is 2.31. The van der Waals surface area contributed by atoms with Gasteiger partial charge in [-0.2, -0.15) is 0 Å². The molecule has 1 aliphatic heterocycles. The Kier molecular flexibility index (Phi) is 2.68. The number of likely N-dealkylation sites (tertiary alicyclic amines) is 1. The Balaban J connectivity index is 2.41. The molecule has 0 aromatic carbocycles. The molecule has 2 heteroatoms. The van der Waals surface area contributed by atoms with Gasteiger partial charge < -0.3 is 10.0 Å². The van der Waals surface area contributed by atoms with Crippen LogP contribution in [0.3, 0.4) is 0 Å². The van der Waals surface area contributed by atoms with Gasteiger partial charge in [-0.05, 0) is 6.42 Å². The van der Waals surface area contributed by atoms with Crippen LogP contribution in [0.25, 0.3) is 0 Å². The molecular formula is C9H18NO+. The van der Waals surface area contributed by atoms with Crippen LogP contribution in [-0.4, -0.2) is 30.8 Å². The molecule has 1 saturated heterocycles. The van der Waals surface area contributed by atoms with Crippen molar-refractivity contribution in [1.82, 2.24) is 0 Å². The summed E-state index contributed by atoms with van der Waals surface area (Å²) in [6.07, 6.45) is 4.41. The molecule has 2 N–H and O–H groups in total. The zero-order valence-electron chi connectivity index (χ0n) is 7.27. The molecule has 1 aliphatic rings. The van der Waals surface area contributed by atoms with E-state index in [1.807, 2.05) is 6.08 Å². The summed E-state index contributed by atoms with van der Waals surface area (Å²) in [7, 11) is 2.17. The minimum absolute atomic E-state index is 0.429. The zero-order valence-corrected chi connectivity index (χ0v) is 7.27. The molecule has 0 atom stereocenters. The van der Waals surface area contributed by atoms with Crippen LogP contribution in [-0.2, 0) is 0 Å². The fraction of sp³-hybridized carbons (Fsp3) is 0.778. The second kappa shape index (κ2) is 3.37. The summed E-state index contributed by atoms with van der Waals surface area (Å²) in [6, 6.07) is 0. The quantitative estimate of drug-likeness (QED) is 0.523. The molecule has 0 radical (unpaired) electrons. The summed E-state index contributed by atoms with van der Waals surface area (Å²) < 4.78 is 0. The van der Waals surface area contributed by atoms with Crippen LogP contribution in [0.5, 0.6) is 0 Å². The van der Waals surface area contributed by atoms with Crippen LogP contribution in [0.1, 0.15) is 19.3 Å². The summed E-state index contributed by atoms with van der Waals surface area (Å²) in [5.74, 6) is 0. The first-order valence-electron chi connectivity index (χ1n) is 4.31. The van der Waals surface area contributed by atoms with Crippen molar-refractivity contribution in [3.05, 3.63) is 12.7 Å². The minimum Gasteiger partial charge on any atom is -0.389 e.